The maximum atomic E-state index is 12.9. The Balaban J connectivity index is 1.71. The van der Waals surface area contributed by atoms with Crippen LogP contribution in [0.25, 0.3) is 22.8 Å². The van der Waals surface area contributed by atoms with Gasteiger partial charge >= 0.3 is 6.18 Å². The molecule has 0 amide bonds. The van der Waals surface area contributed by atoms with Crippen molar-refractivity contribution in [3.63, 3.8) is 0 Å². The Bertz CT molecular complexity index is 1090. The Hall–Kier alpha value is -3.20. The quantitative estimate of drug-likeness (QED) is 0.402. The molecule has 0 unspecified atom stereocenters. The molecule has 0 saturated carbocycles. The van der Waals surface area contributed by atoms with Crippen molar-refractivity contribution in [1.29, 1.82) is 0 Å². The van der Waals surface area contributed by atoms with E-state index in [0.717, 1.165) is 17.9 Å². The number of aromatic nitrogens is 4. The Morgan fingerprint density at radius 1 is 0.931 bits per heavy atom. The molecule has 3 heterocycles. The molecule has 0 atom stereocenters. The fourth-order valence-electron chi connectivity index (χ4n) is 2.55. The van der Waals surface area contributed by atoms with Crippen LogP contribution in [0.5, 0.6) is 0 Å². The minimum absolute atomic E-state index is 0.336. The van der Waals surface area contributed by atoms with Crippen molar-refractivity contribution in [2.24, 2.45) is 0 Å². The lowest BCUT2D eigenvalue weighted by molar-refractivity contribution is -0.137. The number of thioether (sulfide) groups is 1. The molecular formula is C20H13F3N4OS. The number of pyridine rings is 1. The van der Waals surface area contributed by atoms with E-state index in [4.69, 9.17) is 4.42 Å². The number of furan rings is 1. The van der Waals surface area contributed by atoms with E-state index in [-0.39, 0.29) is 0 Å². The number of halogens is 3. The molecule has 146 valence electrons. The van der Waals surface area contributed by atoms with Crippen molar-refractivity contribution in [2.45, 2.75) is 17.0 Å². The van der Waals surface area contributed by atoms with Crippen LogP contribution in [0, 0.1) is 0 Å². The van der Waals surface area contributed by atoms with Gasteiger partial charge in [-0.05, 0) is 36.4 Å². The molecule has 0 aliphatic carbocycles. The van der Waals surface area contributed by atoms with Crippen molar-refractivity contribution >= 4 is 11.8 Å². The lowest BCUT2D eigenvalue weighted by Gasteiger charge is -2.10. The van der Waals surface area contributed by atoms with Gasteiger partial charge in [-0.15, -0.1) is 10.2 Å². The molecule has 0 bridgehead atoms. The minimum Gasteiger partial charge on any atom is -0.468 e. The van der Waals surface area contributed by atoms with Crippen LogP contribution in [0.3, 0.4) is 0 Å². The zero-order chi connectivity index (χ0) is 20.3. The van der Waals surface area contributed by atoms with Gasteiger partial charge in [0.2, 0.25) is 5.82 Å². The highest BCUT2D eigenvalue weighted by molar-refractivity contribution is 7.98. The average molecular weight is 414 g/mol. The van der Waals surface area contributed by atoms with Crippen LogP contribution < -0.4 is 0 Å². The summed E-state index contributed by atoms with van der Waals surface area (Å²) in [6.07, 6.45) is -1.20. The molecule has 0 radical (unpaired) electrons. The molecule has 4 rings (SSSR count). The third-order valence-corrected chi connectivity index (χ3v) is 4.95. The SMILES string of the molecule is FC(F)(F)c1ccc(-c2nnc(-c3ccccn3)nc2SCc2ccco2)cc1. The topological polar surface area (TPSA) is 64.7 Å². The standard InChI is InChI=1S/C20H13F3N4OS/c21-20(22,23)14-8-6-13(7-9-14)17-19(29-12-15-4-3-11-28-15)25-18(27-26-17)16-5-1-2-10-24-16/h1-11H,12H2. The summed E-state index contributed by atoms with van der Waals surface area (Å²) in [5.74, 6) is 1.57. The highest BCUT2D eigenvalue weighted by Gasteiger charge is 2.30. The minimum atomic E-state index is -4.40. The summed E-state index contributed by atoms with van der Waals surface area (Å²) < 4.78 is 43.9. The van der Waals surface area contributed by atoms with Gasteiger partial charge in [-0.1, -0.05) is 30.0 Å². The zero-order valence-electron chi connectivity index (χ0n) is 14.8. The predicted molar refractivity (Wildman–Crippen MR) is 102 cm³/mol. The van der Waals surface area contributed by atoms with Gasteiger partial charge in [0.05, 0.1) is 17.6 Å². The van der Waals surface area contributed by atoms with Gasteiger partial charge in [-0.25, -0.2) is 4.98 Å². The molecule has 0 fully saturated rings. The molecule has 0 spiro atoms. The van der Waals surface area contributed by atoms with E-state index in [0.29, 0.717) is 33.6 Å². The van der Waals surface area contributed by atoms with Crippen molar-refractivity contribution < 1.29 is 17.6 Å². The monoisotopic (exact) mass is 414 g/mol. The van der Waals surface area contributed by atoms with E-state index >= 15 is 0 Å². The van der Waals surface area contributed by atoms with Gasteiger partial charge in [-0.3, -0.25) is 4.98 Å². The van der Waals surface area contributed by atoms with Gasteiger partial charge in [0.25, 0.3) is 0 Å². The maximum absolute atomic E-state index is 12.9. The van der Waals surface area contributed by atoms with E-state index in [1.165, 1.54) is 23.9 Å². The largest absolute Gasteiger partial charge is 0.468 e. The highest BCUT2D eigenvalue weighted by Crippen LogP contribution is 2.34. The summed E-state index contributed by atoms with van der Waals surface area (Å²) in [6.45, 7) is 0. The van der Waals surface area contributed by atoms with Crippen LogP contribution in [0.1, 0.15) is 11.3 Å². The van der Waals surface area contributed by atoms with Crippen LogP contribution in [0.4, 0.5) is 13.2 Å². The summed E-state index contributed by atoms with van der Waals surface area (Å²) in [7, 11) is 0. The van der Waals surface area contributed by atoms with Crippen molar-refractivity contribution in [2.75, 3.05) is 0 Å². The first-order chi connectivity index (χ1) is 14.0. The zero-order valence-corrected chi connectivity index (χ0v) is 15.6. The molecular weight excluding hydrogens is 401 g/mol. The second-order valence-corrected chi connectivity index (χ2v) is 6.91. The molecule has 4 aromatic rings. The van der Waals surface area contributed by atoms with Crippen LogP contribution >= 0.6 is 11.8 Å². The Labute approximate surface area is 168 Å². The third-order valence-electron chi connectivity index (χ3n) is 3.97. The number of hydrogen-bond donors (Lipinski definition) is 0. The first-order valence-electron chi connectivity index (χ1n) is 8.49. The molecule has 29 heavy (non-hydrogen) atoms. The first kappa shape index (κ1) is 19.1. The van der Waals surface area contributed by atoms with E-state index in [2.05, 4.69) is 20.2 Å². The smallest absolute Gasteiger partial charge is 0.416 e. The van der Waals surface area contributed by atoms with Crippen LogP contribution in [0.15, 0.2) is 76.5 Å². The number of nitrogens with zero attached hydrogens (tertiary/aromatic N) is 4. The Kier molecular flexibility index (Phi) is 5.30. The molecule has 0 aliphatic heterocycles. The van der Waals surface area contributed by atoms with E-state index in [1.807, 2.05) is 12.1 Å². The Morgan fingerprint density at radius 2 is 1.76 bits per heavy atom. The number of rotatable bonds is 5. The van der Waals surface area contributed by atoms with Gasteiger partial charge in [0, 0.05) is 11.8 Å². The molecule has 1 aromatic carbocycles. The third kappa shape index (κ3) is 4.45. The van der Waals surface area contributed by atoms with Crippen LogP contribution in [-0.4, -0.2) is 20.2 Å². The van der Waals surface area contributed by atoms with Gasteiger partial charge in [-0.2, -0.15) is 13.2 Å². The van der Waals surface area contributed by atoms with E-state index < -0.39 is 11.7 Å². The second-order valence-electron chi connectivity index (χ2n) is 5.95. The number of benzene rings is 1. The lowest BCUT2D eigenvalue weighted by atomic mass is 10.1. The molecule has 5 nitrogen and oxygen atoms in total. The average Bonchev–Trinajstić information content (AvgIpc) is 3.26. The van der Waals surface area contributed by atoms with Crippen molar-refractivity contribution in [3.8, 4) is 22.8 Å². The van der Waals surface area contributed by atoms with Gasteiger partial charge < -0.3 is 4.42 Å². The summed E-state index contributed by atoms with van der Waals surface area (Å²) in [6, 6.07) is 13.7. The summed E-state index contributed by atoms with van der Waals surface area (Å²) in [4.78, 5) is 8.78. The van der Waals surface area contributed by atoms with Gasteiger partial charge in [0.1, 0.15) is 22.2 Å². The fraction of sp³-hybridized carbons (Fsp3) is 0.100. The Morgan fingerprint density at radius 3 is 2.41 bits per heavy atom. The lowest BCUT2D eigenvalue weighted by Crippen LogP contribution is -2.04. The van der Waals surface area contributed by atoms with E-state index in [9.17, 15) is 13.2 Å². The summed E-state index contributed by atoms with van der Waals surface area (Å²) >= 11 is 1.36. The first-order valence-corrected chi connectivity index (χ1v) is 9.48. The number of alkyl halides is 3. The predicted octanol–water partition coefficient (Wildman–Crippen LogP) is 5.50. The van der Waals surface area contributed by atoms with Crippen molar-refractivity contribution in [3.05, 3.63) is 78.4 Å². The molecule has 3 aromatic heterocycles. The van der Waals surface area contributed by atoms with E-state index in [1.54, 1.807) is 30.7 Å². The van der Waals surface area contributed by atoms with Crippen LogP contribution in [-0.2, 0) is 11.9 Å². The fourth-order valence-corrected chi connectivity index (χ4v) is 3.44. The normalized spacial score (nSPS) is 11.6. The summed E-state index contributed by atoms with van der Waals surface area (Å²) in [5.41, 5.74) is 0.721. The maximum Gasteiger partial charge on any atom is 0.416 e. The second kappa shape index (κ2) is 8.04. The molecule has 0 saturated heterocycles. The van der Waals surface area contributed by atoms with Crippen molar-refractivity contribution in [1.82, 2.24) is 20.2 Å². The number of hydrogen-bond acceptors (Lipinski definition) is 6. The van der Waals surface area contributed by atoms with Crippen LogP contribution in [0.2, 0.25) is 0 Å². The molecule has 9 heteroatoms. The summed E-state index contributed by atoms with van der Waals surface area (Å²) in [5, 5.41) is 8.88. The molecule has 0 N–H and O–H groups in total. The van der Waals surface area contributed by atoms with Gasteiger partial charge in [0.15, 0.2) is 0 Å². The molecule has 0 aliphatic rings. The highest BCUT2D eigenvalue weighted by atomic mass is 32.2.